The highest BCUT2D eigenvalue weighted by atomic mass is 15.8. The fourth-order valence-corrected chi connectivity index (χ4v) is 0.502. The normalized spacial score (nSPS) is 14.6. The van der Waals surface area contributed by atoms with Gasteiger partial charge in [0.05, 0.1) is 6.54 Å². The van der Waals surface area contributed by atoms with Crippen LogP contribution in [0.4, 0.5) is 0 Å². The summed E-state index contributed by atoms with van der Waals surface area (Å²) < 4.78 is 0. The zero-order valence-corrected chi connectivity index (χ0v) is 5.26. The summed E-state index contributed by atoms with van der Waals surface area (Å²) in [6.07, 6.45) is 5.00. The van der Waals surface area contributed by atoms with Crippen molar-refractivity contribution >= 4 is 5.96 Å². The van der Waals surface area contributed by atoms with Gasteiger partial charge in [0.2, 0.25) is 5.96 Å². The minimum atomic E-state index is 0.315. The van der Waals surface area contributed by atoms with E-state index in [-0.39, 0.29) is 0 Å². The van der Waals surface area contributed by atoms with Gasteiger partial charge in [-0.2, -0.15) is 0 Å². The topological polar surface area (TPSA) is 77.7 Å². The fraction of sp³-hybridized carbons (Fsp3) is 0.250. The van der Waals surface area contributed by atoms with Gasteiger partial charge in [0, 0.05) is 0 Å². The van der Waals surface area contributed by atoms with Crippen molar-refractivity contribution in [2.45, 2.75) is 0 Å². The molecule has 0 spiro atoms. The third kappa shape index (κ3) is 1.28. The standard InChI is InChI=1S/C4H8N6/c1-2-3-10(5)4-6-8-9-7-4/h1,8-9H,3,5H2,(H,6,7). The summed E-state index contributed by atoms with van der Waals surface area (Å²) in [5.74, 6) is 8.25. The maximum atomic E-state index is 5.41. The molecular formula is C4H8N6. The molecule has 1 heterocycles. The van der Waals surface area contributed by atoms with Crippen LogP contribution >= 0.6 is 0 Å². The molecule has 6 heteroatoms. The van der Waals surface area contributed by atoms with Gasteiger partial charge in [-0.05, 0) is 0 Å². The molecule has 1 aliphatic heterocycles. The van der Waals surface area contributed by atoms with Crippen LogP contribution in [0.2, 0.25) is 0 Å². The summed E-state index contributed by atoms with van der Waals surface area (Å²) in [7, 11) is 0. The summed E-state index contributed by atoms with van der Waals surface area (Å²) >= 11 is 0. The molecule has 0 aliphatic carbocycles. The summed E-state index contributed by atoms with van der Waals surface area (Å²) in [5, 5.41) is 5.00. The van der Waals surface area contributed by atoms with Crippen molar-refractivity contribution in [2.75, 3.05) is 6.54 Å². The number of hydrogen-bond donors (Lipinski definition) is 4. The van der Waals surface area contributed by atoms with Crippen molar-refractivity contribution < 1.29 is 0 Å². The molecule has 0 aromatic carbocycles. The van der Waals surface area contributed by atoms with Crippen molar-refractivity contribution in [3.05, 3.63) is 0 Å². The first-order valence-electron chi connectivity index (χ1n) is 2.64. The molecule has 0 unspecified atom stereocenters. The Morgan fingerprint density at radius 1 is 1.80 bits per heavy atom. The van der Waals surface area contributed by atoms with Crippen molar-refractivity contribution in [3.8, 4) is 12.3 Å². The van der Waals surface area contributed by atoms with E-state index in [4.69, 9.17) is 12.3 Å². The number of hydrazine groups is 3. The van der Waals surface area contributed by atoms with Crippen LogP contribution < -0.4 is 22.3 Å². The van der Waals surface area contributed by atoms with E-state index in [0.717, 1.165) is 0 Å². The lowest BCUT2D eigenvalue weighted by atomic mass is 10.6. The van der Waals surface area contributed by atoms with Gasteiger partial charge in [0.1, 0.15) is 0 Å². The molecule has 0 radical (unpaired) electrons. The summed E-state index contributed by atoms with van der Waals surface area (Å²) in [5.41, 5.74) is 7.60. The Balaban J connectivity index is 2.41. The zero-order valence-electron chi connectivity index (χ0n) is 5.26. The molecule has 1 rings (SSSR count). The molecule has 1 aliphatic rings. The van der Waals surface area contributed by atoms with E-state index in [2.05, 4.69) is 27.5 Å². The minimum absolute atomic E-state index is 0.315. The zero-order chi connectivity index (χ0) is 7.40. The molecule has 0 fully saturated rings. The van der Waals surface area contributed by atoms with Crippen LogP contribution in [0.3, 0.4) is 0 Å². The van der Waals surface area contributed by atoms with Crippen LogP contribution in [0.1, 0.15) is 0 Å². The molecular weight excluding hydrogens is 132 g/mol. The Hall–Kier alpha value is -1.45. The predicted molar refractivity (Wildman–Crippen MR) is 36.6 cm³/mol. The highest BCUT2D eigenvalue weighted by Gasteiger charge is 2.08. The molecule has 10 heavy (non-hydrogen) atoms. The van der Waals surface area contributed by atoms with Crippen LogP contribution in [-0.4, -0.2) is 17.5 Å². The monoisotopic (exact) mass is 140 g/mol. The summed E-state index contributed by atoms with van der Waals surface area (Å²) in [4.78, 5) is 0. The molecule has 5 N–H and O–H groups in total. The second-order valence-electron chi connectivity index (χ2n) is 1.63. The first-order chi connectivity index (χ1) is 4.84. The van der Waals surface area contributed by atoms with Gasteiger partial charge in [-0.3, -0.25) is 10.4 Å². The number of rotatable bonds is 1. The summed E-state index contributed by atoms with van der Waals surface area (Å²) in [6, 6.07) is 0. The first kappa shape index (κ1) is 6.67. The van der Waals surface area contributed by atoms with Crippen LogP contribution in [0.25, 0.3) is 0 Å². The highest BCUT2D eigenvalue weighted by Crippen LogP contribution is 1.79. The number of nitrogens with one attached hydrogen (secondary N) is 3. The molecule has 0 atom stereocenters. The third-order valence-corrected chi connectivity index (χ3v) is 0.926. The maximum Gasteiger partial charge on any atom is 0.248 e. The molecule has 54 valence electrons. The van der Waals surface area contributed by atoms with E-state index < -0.39 is 0 Å². The quantitative estimate of drug-likeness (QED) is 0.187. The van der Waals surface area contributed by atoms with Crippen LogP contribution in [-0.2, 0) is 0 Å². The Kier molecular flexibility index (Phi) is 1.94. The number of terminal acetylenes is 1. The largest absolute Gasteiger partial charge is 0.270 e. The van der Waals surface area contributed by atoms with Crippen LogP contribution in [0, 0.1) is 12.3 Å². The van der Waals surface area contributed by atoms with Gasteiger partial charge in [-0.15, -0.1) is 17.1 Å². The van der Waals surface area contributed by atoms with E-state index in [9.17, 15) is 0 Å². The Morgan fingerprint density at radius 2 is 2.60 bits per heavy atom. The fourth-order valence-electron chi connectivity index (χ4n) is 0.502. The molecule has 0 aromatic rings. The lowest BCUT2D eigenvalue weighted by Crippen LogP contribution is -2.47. The Morgan fingerprint density at radius 3 is 3.10 bits per heavy atom. The second-order valence-corrected chi connectivity index (χ2v) is 1.63. The van der Waals surface area contributed by atoms with Crippen LogP contribution in [0.15, 0.2) is 5.10 Å². The lowest BCUT2D eigenvalue weighted by Gasteiger charge is -2.12. The number of hydrogen-bond acceptors (Lipinski definition) is 6. The first-order valence-corrected chi connectivity index (χ1v) is 2.64. The molecule has 0 bridgehead atoms. The molecule has 0 saturated carbocycles. The Labute approximate surface area is 58.4 Å². The number of nitrogens with two attached hydrogens (primary N) is 1. The van der Waals surface area contributed by atoms with Crippen molar-refractivity contribution in [1.82, 2.24) is 21.5 Å². The molecule has 0 amide bonds. The average Bonchev–Trinajstić information content (AvgIpc) is 2.38. The second kappa shape index (κ2) is 2.91. The summed E-state index contributed by atoms with van der Waals surface area (Å²) in [6.45, 7) is 0.315. The molecule has 0 aromatic heterocycles. The van der Waals surface area contributed by atoms with Crippen molar-refractivity contribution in [2.24, 2.45) is 10.9 Å². The van der Waals surface area contributed by atoms with Gasteiger partial charge in [0.15, 0.2) is 0 Å². The van der Waals surface area contributed by atoms with Gasteiger partial charge >= 0.3 is 0 Å². The van der Waals surface area contributed by atoms with Gasteiger partial charge in [0.25, 0.3) is 0 Å². The van der Waals surface area contributed by atoms with Gasteiger partial charge in [-0.1, -0.05) is 5.92 Å². The predicted octanol–water partition coefficient (Wildman–Crippen LogP) is -2.32. The van der Waals surface area contributed by atoms with E-state index in [1.54, 1.807) is 0 Å². The van der Waals surface area contributed by atoms with E-state index in [1.165, 1.54) is 5.01 Å². The average molecular weight is 140 g/mol. The van der Waals surface area contributed by atoms with E-state index in [1.807, 2.05) is 0 Å². The molecule has 0 saturated heterocycles. The number of nitrogens with zero attached hydrogens (tertiary/aromatic N) is 2. The van der Waals surface area contributed by atoms with E-state index in [0.29, 0.717) is 12.5 Å². The number of guanidine groups is 1. The Bertz CT molecular complexity index is 179. The van der Waals surface area contributed by atoms with Crippen LogP contribution in [0.5, 0.6) is 0 Å². The van der Waals surface area contributed by atoms with Crippen molar-refractivity contribution in [1.29, 1.82) is 0 Å². The van der Waals surface area contributed by atoms with Gasteiger partial charge < -0.3 is 0 Å². The smallest absolute Gasteiger partial charge is 0.248 e. The van der Waals surface area contributed by atoms with Gasteiger partial charge in [-0.25, -0.2) is 11.4 Å². The number of hydrazone groups is 1. The third-order valence-electron chi connectivity index (χ3n) is 0.926. The lowest BCUT2D eigenvalue weighted by molar-refractivity contribution is 0.472. The minimum Gasteiger partial charge on any atom is -0.270 e. The highest BCUT2D eigenvalue weighted by molar-refractivity contribution is 5.79. The SMILES string of the molecule is C#CCN(N)C1=NNNN1. The van der Waals surface area contributed by atoms with Crippen molar-refractivity contribution in [3.63, 3.8) is 0 Å². The van der Waals surface area contributed by atoms with E-state index >= 15 is 0 Å². The maximum absolute atomic E-state index is 5.41. The molecule has 6 nitrogen and oxygen atoms in total.